The minimum Gasteiger partial charge on any atom is -0.353 e. The second-order valence-electron chi connectivity index (χ2n) is 5.83. The third-order valence-corrected chi connectivity index (χ3v) is 4.39. The number of hydrogen-bond acceptors (Lipinski definition) is 4. The molecule has 2 aromatic rings. The maximum atomic E-state index is 12.1. The molecule has 0 saturated carbocycles. The summed E-state index contributed by atoms with van der Waals surface area (Å²) in [6, 6.07) is 7.39. The van der Waals surface area contributed by atoms with Crippen LogP contribution in [-0.2, 0) is 6.54 Å². The number of nitrogens with one attached hydrogen (secondary N) is 2. The molecule has 1 atom stereocenters. The Morgan fingerprint density at radius 3 is 2.92 bits per heavy atom. The van der Waals surface area contributed by atoms with Gasteiger partial charge in [0.1, 0.15) is 5.82 Å². The number of carbonyl (C=O) groups is 1. The number of anilines is 1. The molecule has 1 aliphatic rings. The summed E-state index contributed by atoms with van der Waals surface area (Å²) in [7, 11) is 0. The quantitative estimate of drug-likeness (QED) is 0.893. The minimum absolute atomic E-state index is 0.0768. The molecule has 0 aromatic carbocycles. The Labute approximate surface area is 146 Å². The van der Waals surface area contributed by atoms with Crippen LogP contribution in [0.25, 0.3) is 0 Å². The Morgan fingerprint density at radius 1 is 1.33 bits per heavy atom. The molecule has 7 heteroatoms. The zero-order chi connectivity index (χ0) is 16.9. The van der Waals surface area contributed by atoms with Gasteiger partial charge in [-0.05, 0) is 37.1 Å². The van der Waals surface area contributed by atoms with Crippen molar-refractivity contribution in [2.24, 2.45) is 0 Å². The number of rotatable bonds is 4. The highest BCUT2D eigenvalue weighted by Crippen LogP contribution is 2.25. The lowest BCUT2D eigenvalue weighted by Gasteiger charge is -2.19. The molecule has 0 bridgehead atoms. The van der Waals surface area contributed by atoms with E-state index in [-0.39, 0.29) is 12.1 Å². The van der Waals surface area contributed by atoms with Crippen LogP contribution in [0.5, 0.6) is 0 Å². The van der Waals surface area contributed by atoms with Crippen molar-refractivity contribution in [1.82, 2.24) is 20.6 Å². The first-order valence-electron chi connectivity index (χ1n) is 7.94. The summed E-state index contributed by atoms with van der Waals surface area (Å²) in [5.41, 5.74) is 1.94. The number of urea groups is 1. The molecule has 3 heterocycles. The number of pyridine rings is 2. The van der Waals surface area contributed by atoms with Crippen LogP contribution in [0.2, 0.25) is 5.02 Å². The zero-order valence-corrected chi connectivity index (χ0v) is 14.3. The van der Waals surface area contributed by atoms with Crippen LogP contribution in [0.3, 0.4) is 0 Å². The lowest BCUT2D eigenvalue weighted by molar-refractivity contribution is 0.237. The van der Waals surface area contributed by atoms with Gasteiger partial charge in [0.05, 0.1) is 17.3 Å². The van der Waals surface area contributed by atoms with Gasteiger partial charge in [0, 0.05) is 31.5 Å². The molecule has 2 aromatic heterocycles. The summed E-state index contributed by atoms with van der Waals surface area (Å²) >= 11 is 6.18. The molecule has 24 heavy (non-hydrogen) atoms. The summed E-state index contributed by atoms with van der Waals surface area (Å²) in [5, 5.41) is 6.49. The van der Waals surface area contributed by atoms with E-state index < -0.39 is 0 Å². The van der Waals surface area contributed by atoms with Crippen LogP contribution in [0.1, 0.15) is 17.7 Å². The summed E-state index contributed by atoms with van der Waals surface area (Å²) in [4.78, 5) is 22.8. The van der Waals surface area contributed by atoms with Crippen molar-refractivity contribution in [2.45, 2.75) is 25.9 Å². The number of carbonyl (C=O) groups excluding carboxylic acids is 1. The Hall–Kier alpha value is -2.34. The maximum Gasteiger partial charge on any atom is 0.315 e. The number of aryl methyl sites for hydroxylation is 1. The average molecular weight is 346 g/mol. The number of aromatic nitrogens is 2. The monoisotopic (exact) mass is 345 g/mol. The molecule has 1 fully saturated rings. The largest absolute Gasteiger partial charge is 0.353 e. The molecule has 126 valence electrons. The molecule has 0 spiro atoms. The Balaban J connectivity index is 1.49. The van der Waals surface area contributed by atoms with E-state index in [1.54, 1.807) is 12.4 Å². The molecule has 6 nitrogen and oxygen atoms in total. The maximum absolute atomic E-state index is 12.1. The molecule has 1 unspecified atom stereocenters. The van der Waals surface area contributed by atoms with Crippen molar-refractivity contribution in [2.75, 3.05) is 18.0 Å². The molecule has 2 amide bonds. The Kier molecular flexibility index (Phi) is 5.15. The lowest BCUT2D eigenvalue weighted by atomic mass is 10.2. The molecule has 0 radical (unpaired) electrons. The van der Waals surface area contributed by atoms with Gasteiger partial charge in [0.15, 0.2) is 0 Å². The summed E-state index contributed by atoms with van der Waals surface area (Å²) in [5.74, 6) is 0.771. The van der Waals surface area contributed by atoms with Crippen molar-refractivity contribution >= 4 is 23.4 Å². The Bertz CT molecular complexity index is 724. The van der Waals surface area contributed by atoms with Gasteiger partial charge in [-0.25, -0.2) is 9.78 Å². The predicted molar refractivity (Wildman–Crippen MR) is 94.2 cm³/mol. The van der Waals surface area contributed by atoms with Crippen LogP contribution < -0.4 is 15.5 Å². The molecular weight excluding hydrogens is 326 g/mol. The third kappa shape index (κ3) is 3.94. The second kappa shape index (κ2) is 7.49. The van der Waals surface area contributed by atoms with Crippen LogP contribution in [0.15, 0.2) is 36.7 Å². The average Bonchev–Trinajstić information content (AvgIpc) is 3.03. The van der Waals surface area contributed by atoms with E-state index in [1.807, 2.05) is 31.2 Å². The highest BCUT2D eigenvalue weighted by molar-refractivity contribution is 6.32. The smallest absolute Gasteiger partial charge is 0.315 e. The van der Waals surface area contributed by atoms with Gasteiger partial charge in [0.2, 0.25) is 0 Å². The summed E-state index contributed by atoms with van der Waals surface area (Å²) in [6.07, 6.45) is 4.32. The first-order chi connectivity index (χ1) is 11.6. The van der Waals surface area contributed by atoms with Crippen LogP contribution in [0, 0.1) is 6.92 Å². The SMILES string of the molecule is Cc1cccnc1CNC(=O)NC1CCN(c2ncccc2Cl)C1. The van der Waals surface area contributed by atoms with E-state index in [0.717, 1.165) is 30.0 Å². The fourth-order valence-electron chi connectivity index (χ4n) is 2.78. The standard InChI is InChI=1S/C17H20ClN5O/c1-12-4-2-7-19-15(12)10-21-17(24)22-13-6-9-23(11-13)16-14(18)5-3-8-20-16/h2-5,7-8,13H,6,9-11H2,1H3,(H2,21,22,24). The van der Waals surface area contributed by atoms with E-state index >= 15 is 0 Å². The van der Waals surface area contributed by atoms with Gasteiger partial charge < -0.3 is 15.5 Å². The highest BCUT2D eigenvalue weighted by Gasteiger charge is 2.25. The number of nitrogens with zero attached hydrogens (tertiary/aromatic N) is 3. The van der Waals surface area contributed by atoms with Gasteiger partial charge in [-0.3, -0.25) is 4.98 Å². The van der Waals surface area contributed by atoms with Crippen LogP contribution >= 0.6 is 11.6 Å². The molecule has 1 saturated heterocycles. The van der Waals surface area contributed by atoms with Crippen LogP contribution in [-0.4, -0.2) is 35.1 Å². The van der Waals surface area contributed by atoms with E-state index in [2.05, 4.69) is 25.5 Å². The van der Waals surface area contributed by atoms with Gasteiger partial charge in [0.25, 0.3) is 0 Å². The number of halogens is 1. The predicted octanol–water partition coefficient (Wildman–Crippen LogP) is 2.52. The first-order valence-corrected chi connectivity index (χ1v) is 8.31. The van der Waals surface area contributed by atoms with Gasteiger partial charge in [-0.15, -0.1) is 0 Å². The normalized spacial score (nSPS) is 16.9. The van der Waals surface area contributed by atoms with E-state index in [0.29, 0.717) is 18.1 Å². The minimum atomic E-state index is -0.181. The van der Waals surface area contributed by atoms with E-state index in [1.165, 1.54) is 0 Å². The molecule has 0 aliphatic carbocycles. The van der Waals surface area contributed by atoms with E-state index in [4.69, 9.17) is 11.6 Å². The van der Waals surface area contributed by atoms with Crippen molar-refractivity contribution in [3.63, 3.8) is 0 Å². The van der Waals surface area contributed by atoms with Crippen molar-refractivity contribution in [1.29, 1.82) is 0 Å². The molecule has 2 N–H and O–H groups in total. The van der Waals surface area contributed by atoms with Gasteiger partial charge in [-0.1, -0.05) is 17.7 Å². The third-order valence-electron chi connectivity index (χ3n) is 4.10. The fraction of sp³-hybridized carbons (Fsp3) is 0.353. The number of amides is 2. The molecule has 3 rings (SSSR count). The van der Waals surface area contributed by atoms with Crippen molar-refractivity contribution < 1.29 is 4.79 Å². The summed E-state index contributed by atoms with van der Waals surface area (Å²) < 4.78 is 0. The van der Waals surface area contributed by atoms with Crippen LogP contribution in [0.4, 0.5) is 10.6 Å². The van der Waals surface area contributed by atoms with E-state index in [9.17, 15) is 4.79 Å². The second-order valence-corrected chi connectivity index (χ2v) is 6.24. The molecular formula is C17H20ClN5O. The lowest BCUT2D eigenvalue weighted by Crippen LogP contribution is -2.43. The van der Waals surface area contributed by atoms with Gasteiger partial charge in [-0.2, -0.15) is 0 Å². The topological polar surface area (TPSA) is 70.2 Å². The van der Waals surface area contributed by atoms with Gasteiger partial charge >= 0.3 is 6.03 Å². The highest BCUT2D eigenvalue weighted by atomic mass is 35.5. The first kappa shape index (κ1) is 16.5. The zero-order valence-electron chi connectivity index (χ0n) is 13.5. The fourth-order valence-corrected chi connectivity index (χ4v) is 3.03. The van der Waals surface area contributed by atoms with Crippen molar-refractivity contribution in [3.05, 3.63) is 52.9 Å². The molecule has 1 aliphatic heterocycles. The van der Waals surface area contributed by atoms with Crippen molar-refractivity contribution in [3.8, 4) is 0 Å². The number of hydrogen-bond donors (Lipinski definition) is 2. The Morgan fingerprint density at radius 2 is 2.12 bits per heavy atom. The summed E-state index contributed by atoms with van der Waals surface area (Å²) in [6.45, 7) is 3.92.